The van der Waals surface area contributed by atoms with Gasteiger partial charge in [0.2, 0.25) is 0 Å². The normalized spacial score (nSPS) is 10.5. The van der Waals surface area contributed by atoms with Gasteiger partial charge in [0.15, 0.2) is 5.69 Å². The summed E-state index contributed by atoms with van der Waals surface area (Å²) in [4.78, 5) is 14.3. The first-order chi connectivity index (χ1) is 7.09. The fraction of sp³-hybridized carbons (Fsp3) is 0. The van der Waals surface area contributed by atoms with Gasteiger partial charge in [0.05, 0.1) is 0 Å². The predicted octanol–water partition coefficient (Wildman–Crippen LogP) is 2.21. The van der Waals surface area contributed by atoms with E-state index in [-0.39, 0.29) is 16.5 Å². The number of carboxylic acid groups (broad SMARTS) is 1. The molecular formula is C10H5F2NO2. The number of carbonyl (C=O) groups is 1. The lowest BCUT2D eigenvalue weighted by Crippen LogP contribution is -2.01. The van der Waals surface area contributed by atoms with Crippen LogP contribution in [-0.2, 0) is 0 Å². The van der Waals surface area contributed by atoms with Crippen LogP contribution < -0.4 is 0 Å². The van der Waals surface area contributed by atoms with Crippen LogP contribution in [0, 0.1) is 11.6 Å². The molecule has 1 N–H and O–H groups in total. The number of aromatic carboxylic acids is 1. The molecule has 15 heavy (non-hydrogen) atoms. The molecule has 1 aromatic heterocycles. The molecule has 76 valence electrons. The zero-order chi connectivity index (χ0) is 11.0. The number of nitrogens with zero attached hydrogens (tertiary/aromatic N) is 1. The van der Waals surface area contributed by atoms with Gasteiger partial charge >= 0.3 is 5.97 Å². The summed E-state index contributed by atoms with van der Waals surface area (Å²) in [5.74, 6) is -2.93. The van der Waals surface area contributed by atoms with E-state index in [1.807, 2.05) is 0 Å². The summed E-state index contributed by atoms with van der Waals surface area (Å²) < 4.78 is 26.1. The third kappa shape index (κ3) is 1.52. The van der Waals surface area contributed by atoms with Crippen molar-refractivity contribution >= 4 is 16.7 Å². The number of fused-ring (bicyclic) bond motifs is 1. The van der Waals surface area contributed by atoms with E-state index in [1.165, 1.54) is 12.3 Å². The van der Waals surface area contributed by atoms with E-state index in [0.29, 0.717) is 6.07 Å². The third-order valence-corrected chi connectivity index (χ3v) is 2.00. The number of aromatic nitrogens is 1. The van der Waals surface area contributed by atoms with Gasteiger partial charge in [0.25, 0.3) is 0 Å². The van der Waals surface area contributed by atoms with Crippen LogP contribution in [0.3, 0.4) is 0 Å². The molecule has 0 aliphatic heterocycles. The first kappa shape index (κ1) is 9.51. The number of benzene rings is 1. The Kier molecular flexibility index (Phi) is 2.07. The quantitative estimate of drug-likeness (QED) is 0.783. The molecule has 2 aromatic rings. The Balaban J connectivity index is 2.91. The van der Waals surface area contributed by atoms with E-state index in [0.717, 1.165) is 6.07 Å². The van der Waals surface area contributed by atoms with Gasteiger partial charge in [-0.15, -0.1) is 0 Å². The first-order valence-corrected chi connectivity index (χ1v) is 4.06. The smallest absolute Gasteiger partial charge is 0.355 e. The second kappa shape index (κ2) is 3.27. The van der Waals surface area contributed by atoms with Crippen molar-refractivity contribution in [1.29, 1.82) is 0 Å². The molecular weight excluding hydrogens is 204 g/mol. The monoisotopic (exact) mass is 209 g/mol. The minimum Gasteiger partial charge on any atom is -0.476 e. The van der Waals surface area contributed by atoms with Crippen LogP contribution in [0.1, 0.15) is 10.5 Å². The molecule has 0 saturated carbocycles. The van der Waals surface area contributed by atoms with Crippen molar-refractivity contribution in [3.8, 4) is 0 Å². The van der Waals surface area contributed by atoms with E-state index in [1.54, 1.807) is 0 Å². The van der Waals surface area contributed by atoms with Crippen LogP contribution in [0.2, 0.25) is 0 Å². The van der Waals surface area contributed by atoms with E-state index in [2.05, 4.69) is 4.98 Å². The van der Waals surface area contributed by atoms with Gasteiger partial charge in [-0.1, -0.05) is 0 Å². The fourth-order valence-corrected chi connectivity index (χ4v) is 1.38. The van der Waals surface area contributed by atoms with Crippen molar-refractivity contribution in [2.45, 2.75) is 0 Å². The predicted molar refractivity (Wildman–Crippen MR) is 48.6 cm³/mol. The highest BCUT2D eigenvalue weighted by Crippen LogP contribution is 2.21. The van der Waals surface area contributed by atoms with E-state index in [9.17, 15) is 13.6 Å². The molecule has 0 aliphatic rings. The van der Waals surface area contributed by atoms with Crippen molar-refractivity contribution in [3.63, 3.8) is 0 Å². The number of rotatable bonds is 1. The lowest BCUT2D eigenvalue weighted by Gasteiger charge is -2.02. The lowest BCUT2D eigenvalue weighted by atomic mass is 10.1. The molecule has 0 atom stereocenters. The van der Waals surface area contributed by atoms with Crippen LogP contribution in [0.4, 0.5) is 8.78 Å². The third-order valence-electron chi connectivity index (χ3n) is 2.00. The Bertz CT molecular complexity index is 554. The van der Waals surface area contributed by atoms with Crippen LogP contribution in [-0.4, -0.2) is 16.1 Å². The molecule has 3 nitrogen and oxygen atoms in total. The number of carboxylic acids is 1. The maximum atomic E-state index is 13.2. The minimum atomic E-state index is -1.31. The number of halogens is 2. The fourth-order valence-electron chi connectivity index (χ4n) is 1.38. The minimum absolute atomic E-state index is 0.0394. The standard InChI is InChI=1S/C10H5F2NO2/c11-5-3-7-6(8(12)4-5)1-2-13-9(7)10(14)15/h1-4H,(H,14,15). The molecule has 5 heteroatoms. The van der Waals surface area contributed by atoms with Crippen molar-refractivity contribution in [2.24, 2.45) is 0 Å². The van der Waals surface area contributed by atoms with Gasteiger partial charge in [-0.3, -0.25) is 0 Å². The molecule has 0 amide bonds. The van der Waals surface area contributed by atoms with Gasteiger partial charge in [0.1, 0.15) is 11.6 Å². The molecule has 0 saturated heterocycles. The average molecular weight is 209 g/mol. The van der Waals surface area contributed by atoms with Crippen LogP contribution in [0.15, 0.2) is 24.4 Å². The first-order valence-electron chi connectivity index (χ1n) is 4.06. The van der Waals surface area contributed by atoms with Crippen molar-refractivity contribution < 1.29 is 18.7 Å². The molecule has 1 aromatic carbocycles. The Labute approximate surface area is 83.0 Å². The van der Waals surface area contributed by atoms with E-state index >= 15 is 0 Å². The largest absolute Gasteiger partial charge is 0.476 e. The maximum absolute atomic E-state index is 13.2. The molecule has 0 spiro atoms. The summed E-state index contributed by atoms with van der Waals surface area (Å²) in [5, 5.41) is 8.76. The molecule has 2 rings (SSSR count). The van der Waals surface area contributed by atoms with E-state index < -0.39 is 17.6 Å². The van der Waals surface area contributed by atoms with Gasteiger partial charge < -0.3 is 5.11 Å². The summed E-state index contributed by atoms with van der Waals surface area (Å²) in [7, 11) is 0. The summed E-state index contributed by atoms with van der Waals surface area (Å²) in [6.45, 7) is 0. The summed E-state index contributed by atoms with van der Waals surface area (Å²) >= 11 is 0. The number of hydrogen-bond acceptors (Lipinski definition) is 2. The topological polar surface area (TPSA) is 50.2 Å². The van der Waals surface area contributed by atoms with Gasteiger partial charge in [-0.25, -0.2) is 18.6 Å². The van der Waals surface area contributed by atoms with Crippen molar-refractivity contribution in [1.82, 2.24) is 4.98 Å². The number of pyridine rings is 1. The molecule has 0 unspecified atom stereocenters. The zero-order valence-corrected chi connectivity index (χ0v) is 7.37. The molecule has 1 heterocycles. The van der Waals surface area contributed by atoms with Gasteiger partial charge in [-0.05, 0) is 12.1 Å². The zero-order valence-electron chi connectivity index (χ0n) is 7.37. The van der Waals surface area contributed by atoms with Gasteiger partial charge in [-0.2, -0.15) is 0 Å². The van der Waals surface area contributed by atoms with Gasteiger partial charge in [0, 0.05) is 23.0 Å². The van der Waals surface area contributed by atoms with E-state index in [4.69, 9.17) is 5.11 Å². The second-order valence-corrected chi connectivity index (χ2v) is 2.95. The van der Waals surface area contributed by atoms with Crippen LogP contribution in [0.25, 0.3) is 10.8 Å². The highest BCUT2D eigenvalue weighted by atomic mass is 19.1. The Morgan fingerprint density at radius 2 is 2.00 bits per heavy atom. The summed E-state index contributed by atoms with van der Waals surface area (Å²) in [5.41, 5.74) is -0.356. The highest BCUT2D eigenvalue weighted by molar-refractivity contribution is 6.01. The Morgan fingerprint density at radius 3 is 2.67 bits per heavy atom. The maximum Gasteiger partial charge on any atom is 0.355 e. The molecule has 0 fully saturated rings. The lowest BCUT2D eigenvalue weighted by molar-refractivity contribution is 0.0693. The summed E-state index contributed by atoms with van der Waals surface area (Å²) in [6, 6.07) is 2.96. The van der Waals surface area contributed by atoms with Crippen molar-refractivity contribution in [3.05, 3.63) is 41.7 Å². The number of hydrogen-bond donors (Lipinski definition) is 1. The second-order valence-electron chi connectivity index (χ2n) is 2.95. The van der Waals surface area contributed by atoms with Crippen molar-refractivity contribution in [2.75, 3.05) is 0 Å². The van der Waals surface area contributed by atoms with Crippen LogP contribution in [0.5, 0.6) is 0 Å². The average Bonchev–Trinajstić information content (AvgIpc) is 2.16. The summed E-state index contributed by atoms with van der Waals surface area (Å²) in [6.07, 6.45) is 1.17. The Hall–Kier alpha value is -2.04. The molecule has 0 radical (unpaired) electrons. The highest BCUT2D eigenvalue weighted by Gasteiger charge is 2.13. The molecule has 0 aliphatic carbocycles. The SMILES string of the molecule is O=C(O)c1nccc2c(F)cc(F)cc12. The molecule has 0 bridgehead atoms. The van der Waals surface area contributed by atoms with Crippen LogP contribution >= 0.6 is 0 Å². The Morgan fingerprint density at radius 1 is 1.27 bits per heavy atom.